The lowest BCUT2D eigenvalue weighted by molar-refractivity contribution is 0.0282. The number of hydrogen-bond acceptors (Lipinski definition) is 5. The van der Waals surface area contributed by atoms with E-state index in [1.54, 1.807) is 24.7 Å². The molecule has 7 nitrogen and oxygen atoms in total. The highest BCUT2D eigenvalue weighted by Gasteiger charge is 2.23. The largest absolute Gasteiger partial charge is 0.461 e. The molecule has 1 rings (SSSR count). The first-order valence-corrected chi connectivity index (χ1v) is 7.74. The Labute approximate surface area is 137 Å². The molecule has 0 aliphatic heterocycles. The van der Waals surface area contributed by atoms with Crippen LogP contribution in [-0.4, -0.2) is 46.0 Å². The highest BCUT2D eigenvalue weighted by atomic mass is 16.6. The summed E-state index contributed by atoms with van der Waals surface area (Å²) in [4.78, 5) is 25.4. The van der Waals surface area contributed by atoms with Crippen LogP contribution in [0.4, 0.5) is 4.79 Å². The van der Waals surface area contributed by atoms with Crippen molar-refractivity contribution in [3.05, 3.63) is 17.5 Å². The Morgan fingerprint density at radius 2 is 1.96 bits per heavy atom. The Bertz CT molecular complexity index is 558. The average Bonchev–Trinajstić information content (AvgIpc) is 2.81. The molecule has 0 atom stereocenters. The normalized spacial score (nSPS) is 11.5. The molecular weight excluding hydrogens is 298 g/mol. The number of carbonyl (C=O) groups excluding carboxylic acids is 2. The van der Waals surface area contributed by atoms with E-state index in [2.05, 4.69) is 5.10 Å². The maximum Gasteiger partial charge on any atom is 0.410 e. The first kappa shape index (κ1) is 19.0. The molecule has 7 heteroatoms. The summed E-state index contributed by atoms with van der Waals surface area (Å²) in [6, 6.07) is 1.66. The topological polar surface area (TPSA) is 73.7 Å². The van der Waals surface area contributed by atoms with Crippen LogP contribution in [0.1, 0.15) is 63.8 Å². The molecule has 0 aromatic carbocycles. The minimum Gasteiger partial charge on any atom is -0.461 e. The van der Waals surface area contributed by atoms with E-state index in [1.807, 2.05) is 34.6 Å². The maximum atomic E-state index is 12.0. The molecule has 0 saturated heterocycles. The number of hydrogen-bond donors (Lipinski definition) is 0. The Hall–Kier alpha value is -2.05. The van der Waals surface area contributed by atoms with Gasteiger partial charge in [-0.3, -0.25) is 4.68 Å². The number of carbonyl (C=O) groups is 2. The van der Waals surface area contributed by atoms with Gasteiger partial charge in [0.15, 0.2) is 0 Å². The third kappa shape index (κ3) is 5.58. The molecule has 0 aliphatic rings. The van der Waals surface area contributed by atoms with Gasteiger partial charge in [-0.2, -0.15) is 5.10 Å². The summed E-state index contributed by atoms with van der Waals surface area (Å²) in [5, 5.41) is 4.40. The van der Waals surface area contributed by atoms with Gasteiger partial charge in [-0.1, -0.05) is 0 Å². The van der Waals surface area contributed by atoms with Crippen molar-refractivity contribution in [2.24, 2.45) is 0 Å². The van der Waals surface area contributed by atoms with Gasteiger partial charge in [0.1, 0.15) is 11.3 Å². The molecule has 0 bridgehead atoms. The second kappa shape index (κ2) is 7.48. The van der Waals surface area contributed by atoms with E-state index < -0.39 is 17.7 Å². The molecule has 0 saturated carbocycles. The summed E-state index contributed by atoms with van der Waals surface area (Å²) in [6.07, 6.45) is -0.436. The van der Waals surface area contributed by atoms with Crippen LogP contribution in [0, 0.1) is 0 Å². The van der Waals surface area contributed by atoms with Gasteiger partial charge in [-0.15, -0.1) is 0 Å². The molecule has 1 aromatic heterocycles. The van der Waals surface area contributed by atoms with Crippen molar-refractivity contribution >= 4 is 12.1 Å². The highest BCUT2D eigenvalue weighted by molar-refractivity contribution is 5.87. The SMILES string of the molecule is CCOC(=O)c1cc(CN(C)C(=O)OC(C)(C)C)nn1C(C)C. The van der Waals surface area contributed by atoms with Gasteiger partial charge in [0.25, 0.3) is 0 Å². The zero-order valence-corrected chi connectivity index (χ0v) is 15.0. The lowest BCUT2D eigenvalue weighted by Gasteiger charge is -2.24. The van der Waals surface area contributed by atoms with Crippen molar-refractivity contribution in [2.75, 3.05) is 13.7 Å². The minimum atomic E-state index is -0.557. The monoisotopic (exact) mass is 325 g/mol. The Morgan fingerprint density at radius 1 is 1.35 bits per heavy atom. The van der Waals surface area contributed by atoms with Crippen molar-refractivity contribution in [1.82, 2.24) is 14.7 Å². The Kier molecular flexibility index (Phi) is 6.18. The molecule has 1 amide bonds. The summed E-state index contributed by atoms with van der Waals surface area (Å²) < 4.78 is 12.0. The third-order valence-electron chi connectivity index (χ3n) is 2.86. The van der Waals surface area contributed by atoms with Gasteiger partial charge in [-0.25, -0.2) is 9.59 Å². The maximum absolute atomic E-state index is 12.0. The van der Waals surface area contributed by atoms with Crippen LogP contribution >= 0.6 is 0 Å². The van der Waals surface area contributed by atoms with Gasteiger partial charge >= 0.3 is 12.1 Å². The van der Waals surface area contributed by atoms with Crippen LogP contribution in [0.2, 0.25) is 0 Å². The number of nitrogens with zero attached hydrogens (tertiary/aromatic N) is 3. The predicted molar refractivity (Wildman–Crippen MR) is 86.3 cm³/mol. The van der Waals surface area contributed by atoms with Gasteiger partial charge in [0, 0.05) is 13.1 Å². The molecule has 0 fully saturated rings. The van der Waals surface area contributed by atoms with Crippen molar-refractivity contribution in [3.63, 3.8) is 0 Å². The number of esters is 1. The van der Waals surface area contributed by atoms with Crippen molar-refractivity contribution in [1.29, 1.82) is 0 Å². The number of ether oxygens (including phenoxy) is 2. The highest BCUT2D eigenvalue weighted by Crippen LogP contribution is 2.15. The third-order valence-corrected chi connectivity index (χ3v) is 2.86. The molecule has 23 heavy (non-hydrogen) atoms. The standard InChI is InChI=1S/C16H27N3O4/c1-8-22-14(20)13-9-12(17-19(13)11(2)3)10-18(7)15(21)23-16(4,5)6/h9,11H,8,10H2,1-7H3. The van der Waals surface area contributed by atoms with Crippen molar-refractivity contribution < 1.29 is 19.1 Å². The van der Waals surface area contributed by atoms with Crippen LogP contribution < -0.4 is 0 Å². The van der Waals surface area contributed by atoms with Crippen molar-refractivity contribution in [3.8, 4) is 0 Å². The van der Waals surface area contributed by atoms with Gasteiger partial charge in [0.2, 0.25) is 0 Å². The molecular formula is C16H27N3O4. The zero-order chi connectivity index (χ0) is 17.8. The van der Waals surface area contributed by atoms with E-state index in [0.717, 1.165) is 0 Å². The molecule has 0 N–H and O–H groups in total. The van der Waals surface area contributed by atoms with Crippen LogP contribution in [-0.2, 0) is 16.0 Å². The fourth-order valence-corrected chi connectivity index (χ4v) is 1.92. The number of aromatic nitrogens is 2. The molecule has 0 unspecified atom stereocenters. The molecule has 130 valence electrons. The Morgan fingerprint density at radius 3 is 2.43 bits per heavy atom. The molecule has 1 aromatic rings. The van der Waals surface area contributed by atoms with Gasteiger partial charge < -0.3 is 14.4 Å². The quantitative estimate of drug-likeness (QED) is 0.778. The smallest absolute Gasteiger partial charge is 0.410 e. The second-order valence-corrected chi connectivity index (χ2v) is 6.62. The van der Waals surface area contributed by atoms with E-state index in [0.29, 0.717) is 18.0 Å². The summed E-state index contributed by atoms with van der Waals surface area (Å²) in [5.41, 5.74) is 0.434. The van der Waals surface area contributed by atoms with Crippen LogP contribution in [0.5, 0.6) is 0 Å². The van der Waals surface area contributed by atoms with E-state index in [9.17, 15) is 9.59 Å². The van der Waals surface area contributed by atoms with E-state index in [-0.39, 0.29) is 12.6 Å². The summed E-state index contributed by atoms with van der Waals surface area (Å²) >= 11 is 0. The lowest BCUT2D eigenvalue weighted by Crippen LogP contribution is -2.33. The fourth-order valence-electron chi connectivity index (χ4n) is 1.92. The minimum absolute atomic E-state index is 0.00925. The zero-order valence-electron chi connectivity index (χ0n) is 15.0. The van der Waals surface area contributed by atoms with Crippen LogP contribution in [0.15, 0.2) is 6.07 Å². The molecule has 0 aliphatic carbocycles. The summed E-state index contributed by atoms with van der Waals surface area (Å²) in [6.45, 7) is 11.6. The van der Waals surface area contributed by atoms with Crippen LogP contribution in [0.3, 0.4) is 0 Å². The van der Waals surface area contributed by atoms with E-state index >= 15 is 0 Å². The second-order valence-electron chi connectivity index (χ2n) is 6.62. The summed E-state index contributed by atoms with van der Waals surface area (Å²) in [5.74, 6) is -0.417. The Balaban J connectivity index is 2.91. The van der Waals surface area contributed by atoms with E-state index in [1.165, 1.54) is 4.90 Å². The molecule has 0 spiro atoms. The first-order chi connectivity index (χ1) is 10.5. The lowest BCUT2D eigenvalue weighted by atomic mass is 10.2. The summed E-state index contributed by atoms with van der Waals surface area (Å²) in [7, 11) is 1.63. The number of rotatable bonds is 5. The number of amides is 1. The molecule has 0 radical (unpaired) electrons. The van der Waals surface area contributed by atoms with Crippen molar-refractivity contribution in [2.45, 2.75) is 59.7 Å². The van der Waals surface area contributed by atoms with Crippen LogP contribution in [0.25, 0.3) is 0 Å². The van der Waals surface area contributed by atoms with E-state index in [4.69, 9.17) is 9.47 Å². The van der Waals surface area contributed by atoms with Gasteiger partial charge in [0.05, 0.1) is 18.8 Å². The predicted octanol–water partition coefficient (Wildman–Crippen LogP) is 3.01. The molecule has 1 heterocycles. The fraction of sp³-hybridized carbons (Fsp3) is 0.688. The average molecular weight is 325 g/mol. The van der Waals surface area contributed by atoms with Gasteiger partial charge in [-0.05, 0) is 47.6 Å². The first-order valence-electron chi connectivity index (χ1n) is 7.74.